The van der Waals surface area contributed by atoms with E-state index in [1.54, 1.807) is 20.8 Å². The number of carbonyl (C=O) groups is 2. The van der Waals surface area contributed by atoms with Gasteiger partial charge in [0.2, 0.25) is 5.91 Å². The zero-order valence-corrected chi connectivity index (χ0v) is 16.5. The number of piperazine rings is 1. The number of hydrogen-bond donors (Lipinski definition) is 1. The Bertz CT molecular complexity index is 605. The fourth-order valence-corrected chi connectivity index (χ4v) is 2.87. The summed E-state index contributed by atoms with van der Waals surface area (Å²) in [5.41, 5.74) is 0.685. The molecule has 0 aromatic heterocycles. The third-order valence-electron chi connectivity index (χ3n) is 4.05. The van der Waals surface area contributed by atoms with Crippen LogP contribution in [0.4, 0.5) is 4.79 Å². The Balaban J connectivity index is 1.66. The molecule has 144 valence electrons. The lowest BCUT2D eigenvalue weighted by atomic mass is 10.2. The number of amides is 2. The number of alkyl carbamates (subject to hydrolysis) is 1. The van der Waals surface area contributed by atoms with Crippen LogP contribution < -0.4 is 5.32 Å². The van der Waals surface area contributed by atoms with E-state index in [1.807, 2.05) is 29.2 Å². The second-order valence-electron chi connectivity index (χ2n) is 7.46. The quantitative estimate of drug-likeness (QED) is 0.851. The monoisotopic (exact) mass is 381 g/mol. The van der Waals surface area contributed by atoms with Crippen LogP contribution in [0.5, 0.6) is 0 Å². The van der Waals surface area contributed by atoms with Crippen LogP contribution in [0.3, 0.4) is 0 Å². The van der Waals surface area contributed by atoms with E-state index in [0.29, 0.717) is 19.6 Å². The van der Waals surface area contributed by atoms with Crippen molar-refractivity contribution in [2.24, 2.45) is 0 Å². The van der Waals surface area contributed by atoms with Crippen LogP contribution in [0.15, 0.2) is 24.3 Å². The standard InChI is InChI=1S/C19H28ClN3O3/c1-19(2,3)26-18(25)21-9-8-17(24)23-12-10-22(11-13-23)14-15-4-6-16(20)7-5-15/h4-7H,8-14H2,1-3H3,(H,21,25). The van der Waals surface area contributed by atoms with Crippen LogP contribution in [0.1, 0.15) is 32.8 Å². The van der Waals surface area contributed by atoms with Crippen molar-refractivity contribution in [3.05, 3.63) is 34.9 Å². The predicted octanol–water partition coefficient (Wildman–Crippen LogP) is 2.90. The van der Waals surface area contributed by atoms with E-state index in [0.717, 1.165) is 24.7 Å². The summed E-state index contributed by atoms with van der Waals surface area (Å²) in [5.74, 6) is 0.0622. The predicted molar refractivity (Wildman–Crippen MR) is 102 cm³/mol. The van der Waals surface area contributed by atoms with E-state index in [-0.39, 0.29) is 12.3 Å². The number of ether oxygens (including phenoxy) is 1. The normalized spacial score (nSPS) is 15.6. The fourth-order valence-electron chi connectivity index (χ4n) is 2.75. The molecule has 0 bridgehead atoms. The van der Waals surface area contributed by atoms with Gasteiger partial charge in [-0.15, -0.1) is 0 Å². The molecule has 0 saturated carbocycles. The van der Waals surface area contributed by atoms with Gasteiger partial charge in [0.05, 0.1) is 0 Å². The van der Waals surface area contributed by atoms with E-state index in [2.05, 4.69) is 10.2 Å². The van der Waals surface area contributed by atoms with E-state index >= 15 is 0 Å². The number of benzene rings is 1. The topological polar surface area (TPSA) is 61.9 Å². The Kier molecular flexibility index (Phi) is 7.29. The van der Waals surface area contributed by atoms with Gasteiger partial charge in [0, 0.05) is 50.7 Å². The molecule has 2 rings (SSSR count). The molecule has 6 nitrogen and oxygen atoms in total. The molecule has 1 heterocycles. The number of hydrogen-bond acceptors (Lipinski definition) is 4. The van der Waals surface area contributed by atoms with Crippen molar-refractivity contribution in [1.82, 2.24) is 15.1 Å². The van der Waals surface area contributed by atoms with Crippen molar-refractivity contribution >= 4 is 23.6 Å². The highest BCUT2D eigenvalue weighted by Gasteiger charge is 2.21. The summed E-state index contributed by atoms with van der Waals surface area (Å²) in [6.07, 6.45) is -0.200. The maximum Gasteiger partial charge on any atom is 0.407 e. The molecule has 1 aliphatic heterocycles. The summed E-state index contributed by atoms with van der Waals surface area (Å²) in [4.78, 5) is 28.0. The third-order valence-corrected chi connectivity index (χ3v) is 4.30. The van der Waals surface area contributed by atoms with Crippen molar-refractivity contribution in [2.75, 3.05) is 32.7 Å². The number of halogens is 1. The van der Waals surface area contributed by atoms with Gasteiger partial charge in [0.25, 0.3) is 0 Å². The molecular weight excluding hydrogens is 354 g/mol. The summed E-state index contributed by atoms with van der Waals surface area (Å²) in [5, 5.41) is 3.37. The molecule has 0 aliphatic carbocycles. The first-order valence-electron chi connectivity index (χ1n) is 8.94. The molecule has 1 fully saturated rings. The smallest absolute Gasteiger partial charge is 0.407 e. The highest BCUT2D eigenvalue weighted by atomic mass is 35.5. The zero-order chi connectivity index (χ0) is 19.2. The van der Waals surface area contributed by atoms with Gasteiger partial charge < -0.3 is 15.0 Å². The van der Waals surface area contributed by atoms with E-state index < -0.39 is 11.7 Å². The van der Waals surface area contributed by atoms with E-state index in [9.17, 15) is 9.59 Å². The van der Waals surface area contributed by atoms with Crippen molar-refractivity contribution in [2.45, 2.75) is 39.3 Å². The third kappa shape index (κ3) is 7.22. The molecule has 7 heteroatoms. The van der Waals surface area contributed by atoms with Crippen molar-refractivity contribution < 1.29 is 14.3 Å². The Morgan fingerprint density at radius 1 is 1.12 bits per heavy atom. The highest BCUT2D eigenvalue weighted by molar-refractivity contribution is 6.30. The Morgan fingerprint density at radius 3 is 2.31 bits per heavy atom. The molecule has 1 N–H and O–H groups in total. The average Bonchev–Trinajstić information content (AvgIpc) is 2.56. The molecule has 1 aliphatic rings. The molecular formula is C19H28ClN3O3. The number of carbonyl (C=O) groups excluding carboxylic acids is 2. The van der Waals surface area contributed by atoms with Gasteiger partial charge in [-0.25, -0.2) is 4.79 Å². The van der Waals surface area contributed by atoms with E-state index in [4.69, 9.17) is 16.3 Å². The first kappa shape index (κ1) is 20.5. The minimum Gasteiger partial charge on any atom is -0.444 e. The average molecular weight is 382 g/mol. The fraction of sp³-hybridized carbons (Fsp3) is 0.579. The van der Waals surface area contributed by atoms with Crippen molar-refractivity contribution in [3.8, 4) is 0 Å². The van der Waals surface area contributed by atoms with E-state index in [1.165, 1.54) is 5.56 Å². The number of rotatable bonds is 5. The van der Waals surface area contributed by atoms with Gasteiger partial charge in [-0.05, 0) is 38.5 Å². The van der Waals surface area contributed by atoms with Crippen LogP contribution in [-0.4, -0.2) is 60.1 Å². The lowest BCUT2D eigenvalue weighted by Crippen LogP contribution is -2.48. The van der Waals surface area contributed by atoms with Gasteiger partial charge in [-0.1, -0.05) is 23.7 Å². The molecule has 1 saturated heterocycles. The maximum absolute atomic E-state index is 12.3. The van der Waals surface area contributed by atoms with Gasteiger partial charge >= 0.3 is 6.09 Å². The van der Waals surface area contributed by atoms with Gasteiger partial charge in [-0.3, -0.25) is 9.69 Å². The first-order chi connectivity index (χ1) is 12.2. The molecule has 26 heavy (non-hydrogen) atoms. The first-order valence-corrected chi connectivity index (χ1v) is 9.32. The van der Waals surface area contributed by atoms with Crippen LogP contribution in [0.2, 0.25) is 5.02 Å². The highest BCUT2D eigenvalue weighted by Crippen LogP contribution is 2.13. The molecule has 0 radical (unpaired) electrons. The minimum atomic E-state index is -0.533. The van der Waals surface area contributed by atoms with Crippen LogP contribution >= 0.6 is 11.6 Å². The maximum atomic E-state index is 12.3. The molecule has 0 spiro atoms. The summed E-state index contributed by atoms with van der Waals surface area (Å²) in [6, 6.07) is 7.85. The largest absolute Gasteiger partial charge is 0.444 e. The molecule has 0 atom stereocenters. The van der Waals surface area contributed by atoms with Gasteiger partial charge in [0.15, 0.2) is 0 Å². The Labute approximate surface area is 160 Å². The second kappa shape index (κ2) is 9.24. The molecule has 1 aromatic rings. The van der Waals surface area contributed by atoms with Crippen molar-refractivity contribution in [1.29, 1.82) is 0 Å². The number of nitrogens with zero attached hydrogens (tertiary/aromatic N) is 2. The summed E-state index contributed by atoms with van der Waals surface area (Å²) >= 11 is 5.91. The van der Waals surface area contributed by atoms with Crippen LogP contribution in [0.25, 0.3) is 0 Å². The lowest BCUT2D eigenvalue weighted by Gasteiger charge is -2.34. The summed E-state index contributed by atoms with van der Waals surface area (Å²) < 4.78 is 5.15. The molecule has 1 aromatic carbocycles. The minimum absolute atomic E-state index is 0.0622. The summed E-state index contributed by atoms with van der Waals surface area (Å²) in [7, 11) is 0. The van der Waals surface area contributed by atoms with Crippen molar-refractivity contribution in [3.63, 3.8) is 0 Å². The molecule has 0 unspecified atom stereocenters. The second-order valence-corrected chi connectivity index (χ2v) is 7.90. The SMILES string of the molecule is CC(C)(C)OC(=O)NCCC(=O)N1CCN(Cc2ccc(Cl)cc2)CC1. The Hall–Kier alpha value is -1.79. The van der Waals surface area contributed by atoms with Crippen LogP contribution in [-0.2, 0) is 16.1 Å². The Morgan fingerprint density at radius 2 is 1.73 bits per heavy atom. The van der Waals surface area contributed by atoms with Gasteiger partial charge in [0.1, 0.15) is 5.60 Å². The van der Waals surface area contributed by atoms with Gasteiger partial charge in [-0.2, -0.15) is 0 Å². The van der Waals surface area contributed by atoms with Crippen LogP contribution in [0, 0.1) is 0 Å². The zero-order valence-electron chi connectivity index (χ0n) is 15.8. The number of nitrogens with one attached hydrogen (secondary N) is 1. The summed E-state index contributed by atoms with van der Waals surface area (Å²) in [6.45, 7) is 9.67. The lowest BCUT2D eigenvalue weighted by molar-refractivity contribution is -0.132. The molecule has 2 amide bonds.